The van der Waals surface area contributed by atoms with Crippen molar-refractivity contribution in [3.8, 4) is 0 Å². The van der Waals surface area contributed by atoms with E-state index in [0.29, 0.717) is 0 Å². The van der Waals surface area contributed by atoms with E-state index in [1.807, 2.05) is 0 Å². The molecule has 1 heterocycles. The fourth-order valence-corrected chi connectivity index (χ4v) is 4.46. The number of hydrogen-bond donors (Lipinski definition) is 0. The lowest BCUT2D eigenvalue weighted by Gasteiger charge is -2.32. The van der Waals surface area contributed by atoms with Crippen molar-refractivity contribution in [2.45, 2.75) is 20.3 Å². The molecule has 1 rings (SSSR count). The van der Waals surface area contributed by atoms with E-state index in [0.717, 1.165) is 0 Å². The Morgan fingerprint density at radius 1 is 1.14 bits per heavy atom. The van der Waals surface area contributed by atoms with Crippen LogP contribution in [-0.4, -0.2) is 58.8 Å². The standard InChI is InChI=1S/C13H22O7S/c1-4-19-11(14)13(9-18-3,12(15)20-5-2)10-6-7-21(16,17)8-10/h10H,4-9H2,1-3H3. The van der Waals surface area contributed by atoms with Crippen molar-refractivity contribution in [2.24, 2.45) is 11.3 Å². The van der Waals surface area contributed by atoms with Crippen LogP contribution in [0, 0.1) is 11.3 Å². The maximum Gasteiger partial charge on any atom is 0.326 e. The van der Waals surface area contributed by atoms with Gasteiger partial charge in [-0.1, -0.05) is 0 Å². The lowest BCUT2D eigenvalue weighted by molar-refractivity contribution is -0.181. The first-order valence-corrected chi connectivity index (χ1v) is 8.70. The summed E-state index contributed by atoms with van der Waals surface area (Å²) in [5.41, 5.74) is -1.72. The second-order valence-electron chi connectivity index (χ2n) is 4.95. The predicted molar refractivity (Wildman–Crippen MR) is 74.3 cm³/mol. The van der Waals surface area contributed by atoms with Gasteiger partial charge in [-0.05, 0) is 20.3 Å². The van der Waals surface area contributed by atoms with Gasteiger partial charge in [-0.3, -0.25) is 9.59 Å². The zero-order valence-corrected chi connectivity index (χ0v) is 13.4. The summed E-state index contributed by atoms with van der Waals surface area (Å²) < 4.78 is 38.4. The molecule has 1 unspecified atom stereocenters. The van der Waals surface area contributed by atoms with Crippen molar-refractivity contribution in [1.29, 1.82) is 0 Å². The molecule has 8 heteroatoms. The maximum atomic E-state index is 12.4. The normalized spacial score (nSPS) is 21.0. The number of rotatable bonds is 7. The fraction of sp³-hybridized carbons (Fsp3) is 0.846. The maximum absolute atomic E-state index is 12.4. The molecule has 0 radical (unpaired) electrons. The number of hydrogen-bond acceptors (Lipinski definition) is 7. The van der Waals surface area contributed by atoms with Crippen LogP contribution in [0.3, 0.4) is 0 Å². The van der Waals surface area contributed by atoms with Gasteiger partial charge in [0.1, 0.15) is 0 Å². The Kier molecular flexibility index (Phi) is 6.15. The van der Waals surface area contributed by atoms with Gasteiger partial charge >= 0.3 is 11.9 Å². The van der Waals surface area contributed by atoms with Gasteiger partial charge in [-0.25, -0.2) is 8.42 Å². The van der Waals surface area contributed by atoms with Crippen molar-refractivity contribution in [3.05, 3.63) is 0 Å². The summed E-state index contributed by atoms with van der Waals surface area (Å²) in [6.45, 7) is 3.15. The van der Waals surface area contributed by atoms with Crippen LogP contribution in [0.5, 0.6) is 0 Å². The molecule has 1 aliphatic rings. The number of ether oxygens (including phenoxy) is 3. The smallest absolute Gasteiger partial charge is 0.326 e. The van der Waals surface area contributed by atoms with E-state index in [4.69, 9.17) is 14.2 Å². The lowest BCUT2D eigenvalue weighted by atomic mass is 9.75. The highest BCUT2D eigenvalue weighted by Crippen LogP contribution is 2.39. The van der Waals surface area contributed by atoms with Crippen molar-refractivity contribution >= 4 is 21.8 Å². The third-order valence-corrected chi connectivity index (χ3v) is 5.35. The van der Waals surface area contributed by atoms with E-state index in [9.17, 15) is 18.0 Å². The summed E-state index contributed by atoms with van der Waals surface area (Å²) in [6.07, 6.45) is 0.212. The number of esters is 2. The number of methoxy groups -OCH3 is 1. The number of carbonyl (C=O) groups is 2. The highest BCUT2D eigenvalue weighted by molar-refractivity contribution is 7.91. The minimum absolute atomic E-state index is 0.0536. The highest BCUT2D eigenvalue weighted by atomic mass is 32.2. The first kappa shape index (κ1) is 17.9. The minimum atomic E-state index is -3.26. The molecular weight excluding hydrogens is 300 g/mol. The van der Waals surface area contributed by atoms with Crippen LogP contribution in [-0.2, 0) is 33.6 Å². The topological polar surface area (TPSA) is 96.0 Å². The molecule has 0 saturated carbocycles. The van der Waals surface area contributed by atoms with Gasteiger partial charge in [0.25, 0.3) is 0 Å². The Bertz CT molecular complexity index is 465. The van der Waals surface area contributed by atoms with Crippen molar-refractivity contribution in [2.75, 3.05) is 38.4 Å². The summed E-state index contributed by atoms with van der Waals surface area (Å²) in [6, 6.07) is 0. The van der Waals surface area contributed by atoms with Crippen LogP contribution in [0.25, 0.3) is 0 Å². The third-order valence-electron chi connectivity index (χ3n) is 3.58. The largest absolute Gasteiger partial charge is 0.465 e. The molecule has 21 heavy (non-hydrogen) atoms. The van der Waals surface area contributed by atoms with E-state index in [1.165, 1.54) is 7.11 Å². The number of sulfone groups is 1. The Labute approximate surface area is 124 Å². The zero-order valence-electron chi connectivity index (χ0n) is 12.6. The average Bonchev–Trinajstić information content (AvgIpc) is 2.77. The Morgan fingerprint density at radius 3 is 2.00 bits per heavy atom. The van der Waals surface area contributed by atoms with Crippen LogP contribution in [0.1, 0.15) is 20.3 Å². The SMILES string of the molecule is CCOC(=O)C(COC)(C(=O)OCC)C1CCS(=O)(=O)C1. The summed E-state index contributed by atoms with van der Waals surface area (Å²) >= 11 is 0. The minimum Gasteiger partial charge on any atom is -0.465 e. The summed E-state index contributed by atoms with van der Waals surface area (Å²) in [4.78, 5) is 24.7. The Balaban J connectivity index is 3.23. The molecule has 1 aliphatic heterocycles. The van der Waals surface area contributed by atoms with Gasteiger partial charge in [0.05, 0.1) is 31.3 Å². The summed E-state index contributed by atoms with van der Waals surface area (Å²) in [5.74, 6) is -2.56. The van der Waals surface area contributed by atoms with Gasteiger partial charge in [0, 0.05) is 13.0 Å². The van der Waals surface area contributed by atoms with Gasteiger partial charge in [0.15, 0.2) is 15.3 Å². The molecular formula is C13H22O7S. The first-order chi connectivity index (χ1) is 9.84. The molecule has 122 valence electrons. The summed E-state index contributed by atoms with van der Waals surface area (Å²) in [5, 5.41) is 0. The molecule has 7 nitrogen and oxygen atoms in total. The second kappa shape index (κ2) is 7.22. The third kappa shape index (κ3) is 3.74. The van der Waals surface area contributed by atoms with Crippen LogP contribution in [0.4, 0.5) is 0 Å². The van der Waals surface area contributed by atoms with Crippen molar-refractivity contribution in [3.63, 3.8) is 0 Å². The molecule has 1 fully saturated rings. The molecule has 0 aromatic rings. The predicted octanol–water partition coefficient (Wildman–Crippen LogP) is 0.180. The van der Waals surface area contributed by atoms with Gasteiger partial charge in [0.2, 0.25) is 0 Å². The fourth-order valence-electron chi connectivity index (χ4n) is 2.58. The molecule has 1 atom stereocenters. The second-order valence-corrected chi connectivity index (χ2v) is 7.17. The molecule has 0 N–H and O–H groups in total. The molecule has 1 saturated heterocycles. The molecule has 0 spiro atoms. The van der Waals surface area contributed by atoms with Crippen molar-refractivity contribution in [1.82, 2.24) is 0 Å². The van der Waals surface area contributed by atoms with E-state index in [-0.39, 0.29) is 37.7 Å². The van der Waals surface area contributed by atoms with E-state index in [2.05, 4.69) is 0 Å². The van der Waals surface area contributed by atoms with Gasteiger partial charge in [-0.2, -0.15) is 0 Å². The number of carbonyl (C=O) groups excluding carboxylic acids is 2. The van der Waals surface area contributed by atoms with Crippen LogP contribution in [0.15, 0.2) is 0 Å². The van der Waals surface area contributed by atoms with Crippen LogP contribution >= 0.6 is 0 Å². The first-order valence-electron chi connectivity index (χ1n) is 6.87. The van der Waals surface area contributed by atoms with E-state index in [1.54, 1.807) is 13.8 Å². The Hall–Kier alpha value is -1.15. The highest BCUT2D eigenvalue weighted by Gasteiger charge is 2.57. The molecule has 0 aliphatic carbocycles. The van der Waals surface area contributed by atoms with E-state index >= 15 is 0 Å². The monoisotopic (exact) mass is 322 g/mol. The molecule has 0 aromatic carbocycles. The lowest BCUT2D eigenvalue weighted by Crippen LogP contribution is -2.51. The van der Waals surface area contributed by atoms with Crippen LogP contribution in [0.2, 0.25) is 0 Å². The Morgan fingerprint density at radius 2 is 1.67 bits per heavy atom. The average molecular weight is 322 g/mol. The zero-order chi connectivity index (χ0) is 16.1. The van der Waals surface area contributed by atoms with Crippen LogP contribution < -0.4 is 0 Å². The summed E-state index contributed by atoms with van der Waals surface area (Å²) in [7, 11) is -1.92. The molecule has 0 amide bonds. The molecule has 0 bridgehead atoms. The quantitative estimate of drug-likeness (QED) is 0.487. The van der Waals surface area contributed by atoms with Gasteiger partial charge < -0.3 is 14.2 Å². The van der Waals surface area contributed by atoms with E-state index < -0.39 is 33.1 Å². The van der Waals surface area contributed by atoms with Gasteiger partial charge in [-0.15, -0.1) is 0 Å². The molecule has 0 aromatic heterocycles. The van der Waals surface area contributed by atoms with Crippen molar-refractivity contribution < 1.29 is 32.2 Å².